The molecule has 0 spiro atoms. The van der Waals surface area contributed by atoms with E-state index in [-0.39, 0.29) is 62.5 Å². The highest BCUT2D eigenvalue weighted by molar-refractivity contribution is 8.14. The molecule has 0 radical (unpaired) electrons. The molecule has 3 saturated heterocycles. The van der Waals surface area contributed by atoms with E-state index in [0.717, 1.165) is 54.9 Å². The first-order valence-corrected chi connectivity index (χ1v) is 24.7. The Morgan fingerprint density at radius 1 is 0.839 bits per heavy atom. The summed E-state index contributed by atoms with van der Waals surface area (Å²) in [6.45, 7) is 10.5. The normalized spacial score (nSPS) is 23.3. The van der Waals surface area contributed by atoms with E-state index < -0.39 is 60.9 Å². The summed E-state index contributed by atoms with van der Waals surface area (Å²) in [5, 5.41) is 3.34. The molecule has 18 heteroatoms. The first-order valence-electron chi connectivity index (χ1n) is 21.2. The number of carbonyl (C=O) groups is 5. The summed E-state index contributed by atoms with van der Waals surface area (Å²) in [5.41, 5.74) is -6.07. The van der Waals surface area contributed by atoms with Crippen molar-refractivity contribution in [3.05, 3.63) is 66.2 Å². The number of hydrogen-bond acceptors (Lipinski definition) is 11. The number of aromatic nitrogens is 2. The minimum atomic E-state index is -5.27. The van der Waals surface area contributed by atoms with Crippen LogP contribution in [-0.2, 0) is 38.5 Å². The third-order valence-electron chi connectivity index (χ3n) is 12.1. The van der Waals surface area contributed by atoms with Gasteiger partial charge in [0.1, 0.15) is 12.1 Å². The van der Waals surface area contributed by atoms with Gasteiger partial charge < -0.3 is 28.7 Å². The summed E-state index contributed by atoms with van der Waals surface area (Å²) in [6.07, 6.45) is 8.82. The van der Waals surface area contributed by atoms with E-state index in [9.17, 15) is 28.5 Å². The van der Waals surface area contributed by atoms with Gasteiger partial charge in [-0.2, -0.15) is 8.78 Å². The summed E-state index contributed by atoms with van der Waals surface area (Å²) in [6, 6.07) is 6.86. The number of imidazole rings is 1. The molecule has 3 amide bonds. The minimum Gasteiger partial charge on any atom is -0.340 e. The third kappa shape index (κ3) is 10.0. The Kier molecular flexibility index (Phi) is 13.5. The lowest BCUT2D eigenvalue weighted by molar-refractivity contribution is -0.150. The lowest BCUT2D eigenvalue weighted by atomic mass is 9.98. The predicted molar refractivity (Wildman–Crippen MR) is 235 cm³/mol. The highest BCUT2D eigenvalue weighted by Gasteiger charge is 2.56. The Morgan fingerprint density at radius 3 is 2.08 bits per heavy atom. The van der Waals surface area contributed by atoms with Crippen LogP contribution in [0.3, 0.4) is 0 Å². The van der Waals surface area contributed by atoms with Gasteiger partial charge in [-0.1, -0.05) is 83.3 Å². The second-order valence-corrected chi connectivity index (χ2v) is 23.1. The third-order valence-corrected chi connectivity index (χ3v) is 16.6. The van der Waals surface area contributed by atoms with Gasteiger partial charge in [0.2, 0.25) is 11.8 Å². The molecule has 7 rings (SSSR count). The van der Waals surface area contributed by atoms with Crippen LogP contribution in [-0.4, -0.2) is 103 Å². The van der Waals surface area contributed by atoms with Gasteiger partial charge in [-0.05, 0) is 72.9 Å². The molecule has 336 valence electrons. The van der Waals surface area contributed by atoms with Crippen LogP contribution in [0.1, 0.15) is 95.6 Å². The van der Waals surface area contributed by atoms with Crippen LogP contribution in [0.2, 0.25) is 0 Å². The molecule has 1 saturated carbocycles. The van der Waals surface area contributed by atoms with Gasteiger partial charge in [-0.15, -0.1) is 0 Å². The zero-order valence-electron chi connectivity index (χ0n) is 36.0. The second kappa shape index (κ2) is 18.1. The van der Waals surface area contributed by atoms with E-state index >= 15 is 8.78 Å². The van der Waals surface area contributed by atoms with Gasteiger partial charge in [0.05, 0.1) is 25.6 Å². The average molecular weight is 916 g/mol. The molecule has 3 aromatic rings. The van der Waals surface area contributed by atoms with E-state index in [0.29, 0.717) is 37.2 Å². The number of hydrogen-bond donors (Lipinski definition) is 1. The van der Waals surface area contributed by atoms with Crippen molar-refractivity contribution >= 4 is 69.8 Å². The zero-order chi connectivity index (χ0) is 44.8. The van der Waals surface area contributed by atoms with E-state index in [1.54, 1.807) is 76.0 Å². The van der Waals surface area contributed by atoms with Crippen LogP contribution in [0.15, 0.2) is 55.1 Å². The van der Waals surface area contributed by atoms with Gasteiger partial charge in [0.25, 0.3) is 5.91 Å². The summed E-state index contributed by atoms with van der Waals surface area (Å²) >= 11 is 1.77. The first kappa shape index (κ1) is 46.4. The number of likely N-dealkylation sites (tertiary alicyclic amines) is 1. The number of amides is 3. The monoisotopic (exact) mass is 915 g/mol. The fraction of sp³-hybridized carbons (Fsp3) is 0.591. The predicted octanol–water partition coefficient (Wildman–Crippen LogP) is 7.90. The molecule has 2 aromatic carbocycles. The summed E-state index contributed by atoms with van der Waals surface area (Å²) in [7, 11) is -5.27. The fourth-order valence-electron chi connectivity index (χ4n) is 8.34. The van der Waals surface area contributed by atoms with Crippen LogP contribution in [0.4, 0.5) is 8.78 Å². The molecule has 3 aliphatic heterocycles. The number of halogens is 2. The Hall–Kier alpha value is -3.63. The molecule has 1 aliphatic carbocycles. The van der Waals surface area contributed by atoms with Crippen molar-refractivity contribution < 1.29 is 46.4 Å². The molecule has 0 unspecified atom stereocenters. The lowest BCUT2D eigenvalue weighted by Crippen LogP contribution is -2.60. The molecular weight excluding hydrogens is 860 g/mol. The maximum atomic E-state index is 16.5. The van der Waals surface area contributed by atoms with E-state index in [4.69, 9.17) is 9.05 Å². The topological polar surface area (TPSA) is 157 Å². The number of rotatable bonds is 14. The van der Waals surface area contributed by atoms with Crippen LogP contribution >= 0.6 is 31.1 Å². The van der Waals surface area contributed by atoms with E-state index in [1.807, 2.05) is 10.8 Å². The molecule has 4 aliphatic rings. The highest BCUT2D eigenvalue weighted by Crippen LogP contribution is 2.67. The van der Waals surface area contributed by atoms with Gasteiger partial charge in [0.15, 0.2) is 10.2 Å². The molecule has 4 heterocycles. The zero-order valence-corrected chi connectivity index (χ0v) is 38.5. The van der Waals surface area contributed by atoms with Crippen molar-refractivity contribution in [2.24, 2.45) is 22.7 Å². The smallest absolute Gasteiger partial charge is 0.340 e. The number of fused-ring (bicyclic) bond motifs is 3. The molecule has 1 aromatic heterocycles. The van der Waals surface area contributed by atoms with Crippen molar-refractivity contribution in [2.45, 2.75) is 103 Å². The maximum Gasteiger partial charge on any atom is 0.404 e. The van der Waals surface area contributed by atoms with Crippen molar-refractivity contribution in [3.8, 4) is 0 Å². The van der Waals surface area contributed by atoms with Crippen LogP contribution in [0, 0.1) is 22.7 Å². The molecule has 4 fully saturated rings. The van der Waals surface area contributed by atoms with Crippen molar-refractivity contribution in [1.82, 2.24) is 24.7 Å². The molecular formula is C44H56F2N5O8PS2. The number of alkyl halides is 2. The standard InChI is InChI=1S/C44H56F2N5O8PS2/c1-42(2,3)40(55)61-17-15-58-60(57,59-16-18-62-41(56)43(4,5)6)44(45,46)32-10-9-27-7-8-28(19-29(27)21-32)37(52)48-35-23-31-20-30(31)22-33-11-12-36(51(33)38(35)53)39(54)50-24-34(25-50)49-14-13-47-26-49/h7-10,13-14,19,21,26,30-31,33-36H,11-12,15-18,20,22-25H2,1-6H3,(H,48,52)/t30-,31+,33-,35+,36+/m1/s1. The highest BCUT2D eigenvalue weighted by atomic mass is 32.2. The van der Waals surface area contributed by atoms with Gasteiger partial charge in [-0.3, -0.25) is 28.5 Å². The molecule has 62 heavy (non-hydrogen) atoms. The first-order chi connectivity index (χ1) is 29.2. The number of thioether (sulfide) groups is 2. The van der Waals surface area contributed by atoms with E-state index in [1.165, 1.54) is 12.1 Å². The number of carbonyl (C=O) groups excluding carboxylic acids is 5. The van der Waals surface area contributed by atoms with Gasteiger partial charge >= 0.3 is 13.3 Å². The molecule has 5 atom stereocenters. The fourth-order valence-corrected chi connectivity index (χ4v) is 11.7. The largest absolute Gasteiger partial charge is 0.404 e. The number of benzene rings is 2. The Labute approximate surface area is 369 Å². The van der Waals surface area contributed by atoms with E-state index in [2.05, 4.69) is 10.3 Å². The Balaban J connectivity index is 1.06. The molecule has 1 N–H and O–H groups in total. The molecule has 0 bridgehead atoms. The van der Waals surface area contributed by atoms with Crippen LogP contribution in [0.5, 0.6) is 0 Å². The summed E-state index contributed by atoms with van der Waals surface area (Å²) in [5.74, 6) is -0.315. The van der Waals surface area contributed by atoms with Crippen molar-refractivity contribution in [2.75, 3.05) is 37.8 Å². The number of nitrogens with zero attached hydrogens (tertiary/aromatic N) is 4. The quantitative estimate of drug-likeness (QED) is 0.124. The summed E-state index contributed by atoms with van der Waals surface area (Å²) < 4.78 is 59.9. The Morgan fingerprint density at radius 2 is 1.47 bits per heavy atom. The number of nitrogens with one attached hydrogen (secondary N) is 1. The summed E-state index contributed by atoms with van der Waals surface area (Å²) in [4.78, 5) is 74.7. The van der Waals surface area contributed by atoms with Crippen molar-refractivity contribution in [1.29, 1.82) is 0 Å². The van der Waals surface area contributed by atoms with Gasteiger partial charge in [-0.25, -0.2) is 4.98 Å². The molecule has 13 nitrogen and oxygen atoms in total. The van der Waals surface area contributed by atoms with Crippen LogP contribution < -0.4 is 5.32 Å². The lowest BCUT2D eigenvalue weighted by Gasteiger charge is -2.43. The Bertz CT molecular complexity index is 2200. The van der Waals surface area contributed by atoms with Gasteiger partial charge in [0, 0.05) is 65.0 Å². The SMILES string of the molecule is CC(C)(C)C(=O)SCCOP(=O)(OCCSC(=O)C(C)(C)C)C(F)(F)c1ccc2ccc(C(=O)N[C@H]3C[C@@H]4C[C@@H]4C[C@H]4CC[C@@H](C(=O)N5CC(n6ccnc6)C5)N4C3=O)cc2c1. The second-order valence-electron chi connectivity index (χ2n) is 18.9. The maximum absolute atomic E-state index is 16.5. The average Bonchev–Trinajstić information content (AvgIpc) is 3.49. The van der Waals surface area contributed by atoms with Crippen molar-refractivity contribution in [3.63, 3.8) is 0 Å². The minimum absolute atomic E-state index is 0.0426. The van der Waals surface area contributed by atoms with Crippen LogP contribution in [0.25, 0.3) is 10.8 Å².